The first kappa shape index (κ1) is 12.2. The molecule has 0 aromatic heterocycles. The first-order chi connectivity index (χ1) is 10.3. The monoisotopic (exact) mass is 276 g/mol. The van der Waals surface area contributed by atoms with Crippen LogP contribution in [0.1, 0.15) is 11.1 Å². The van der Waals surface area contributed by atoms with Crippen molar-refractivity contribution >= 4 is 22.9 Å². The average Bonchev–Trinajstić information content (AvgIpc) is 3.04. The van der Waals surface area contributed by atoms with Gasteiger partial charge in [0.05, 0.1) is 11.3 Å². The van der Waals surface area contributed by atoms with Crippen molar-refractivity contribution in [3.05, 3.63) is 65.9 Å². The number of anilines is 2. The molecule has 0 saturated heterocycles. The fourth-order valence-corrected chi connectivity index (χ4v) is 3.18. The molecule has 0 radical (unpaired) electrons. The third-order valence-electron chi connectivity index (χ3n) is 4.30. The van der Waals surface area contributed by atoms with Gasteiger partial charge in [-0.05, 0) is 24.1 Å². The van der Waals surface area contributed by atoms with Crippen molar-refractivity contribution in [3.8, 4) is 0 Å². The van der Waals surface area contributed by atoms with Crippen molar-refractivity contribution < 1.29 is 4.79 Å². The Morgan fingerprint density at radius 2 is 1.71 bits per heavy atom. The Labute approximate surface area is 124 Å². The lowest BCUT2D eigenvalue weighted by molar-refractivity contribution is -0.112. The second-order valence-electron chi connectivity index (χ2n) is 5.50. The molecule has 2 aromatic carbocycles. The number of rotatable bonds is 1. The average molecular weight is 276 g/mol. The third-order valence-corrected chi connectivity index (χ3v) is 4.30. The third kappa shape index (κ3) is 1.77. The van der Waals surface area contributed by atoms with Crippen LogP contribution in [-0.4, -0.2) is 19.5 Å². The molecule has 2 aliphatic heterocycles. The minimum Gasteiger partial charge on any atom is -0.347 e. The van der Waals surface area contributed by atoms with Gasteiger partial charge in [-0.3, -0.25) is 4.79 Å². The molecule has 1 amide bonds. The number of nitrogens with zero attached hydrogens (tertiary/aromatic N) is 2. The molecule has 0 spiro atoms. The summed E-state index contributed by atoms with van der Waals surface area (Å²) in [7, 11) is 1.83. The highest BCUT2D eigenvalue weighted by Crippen LogP contribution is 2.37. The quantitative estimate of drug-likeness (QED) is 0.747. The van der Waals surface area contributed by atoms with Crippen molar-refractivity contribution in [2.75, 3.05) is 23.4 Å². The molecule has 0 aliphatic carbocycles. The fraction of sp³-hybridized carbons (Fsp3) is 0.167. The molecule has 2 aliphatic rings. The summed E-state index contributed by atoms with van der Waals surface area (Å²) in [5.74, 6) is 0.0700. The SMILES string of the molecule is CN1C(=O)/C(=C\N2CCc3ccccc32)c2ccccc21. The Hall–Kier alpha value is -2.55. The maximum atomic E-state index is 12.5. The van der Waals surface area contributed by atoms with Crippen molar-refractivity contribution in [1.29, 1.82) is 0 Å². The van der Waals surface area contributed by atoms with Gasteiger partial charge in [0, 0.05) is 31.0 Å². The first-order valence-electron chi connectivity index (χ1n) is 7.19. The van der Waals surface area contributed by atoms with Gasteiger partial charge in [0.25, 0.3) is 5.91 Å². The molecule has 0 saturated carbocycles. The Bertz CT molecular complexity index is 763. The van der Waals surface area contributed by atoms with E-state index in [1.807, 2.05) is 43.6 Å². The highest BCUT2D eigenvalue weighted by Gasteiger charge is 2.30. The van der Waals surface area contributed by atoms with Gasteiger partial charge in [0.15, 0.2) is 0 Å². The van der Waals surface area contributed by atoms with Crippen LogP contribution in [0.25, 0.3) is 5.57 Å². The molecule has 21 heavy (non-hydrogen) atoms. The number of likely N-dealkylation sites (N-methyl/N-ethyl adjacent to an activating group) is 1. The molecule has 0 atom stereocenters. The van der Waals surface area contributed by atoms with Crippen LogP contribution >= 0.6 is 0 Å². The van der Waals surface area contributed by atoms with E-state index in [0.29, 0.717) is 0 Å². The van der Waals surface area contributed by atoms with E-state index >= 15 is 0 Å². The van der Waals surface area contributed by atoms with Crippen LogP contribution in [0.3, 0.4) is 0 Å². The molecular formula is C18H16N2O. The van der Waals surface area contributed by atoms with E-state index in [9.17, 15) is 4.79 Å². The predicted molar refractivity (Wildman–Crippen MR) is 85.3 cm³/mol. The smallest absolute Gasteiger partial charge is 0.260 e. The van der Waals surface area contributed by atoms with E-state index in [2.05, 4.69) is 23.1 Å². The molecule has 0 unspecified atom stereocenters. The zero-order chi connectivity index (χ0) is 14.4. The molecular weight excluding hydrogens is 260 g/mol. The lowest BCUT2D eigenvalue weighted by atomic mass is 10.1. The number of benzene rings is 2. The van der Waals surface area contributed by atoms with E-state index in [-0.39, 0.29) is 5.91 Å². The molecule has 0 fully saturated rings. The highest BCUT2D eigenvalue weighted by molar-refractivity contribution is 6.32. The Kier molecular flexibility index (Phi) is 2.61. The van der Waals surface area contributed by atoms with Crippen LogP contribution < -0.4 is 9.80 Å². The van der Waals surface area contributed by atoms with Crippen LogP contribution in [0.4, 0.5) is 11.4 Å². The van der Waals surface area contributed by atoms with Gasteiger partial charge in [-0.1, -0.05) is 36.4 Å². The van der Waals surface area contributed by atoms with E-state index in [4.69, 9.17) is 0 Å². The van der Waals surface area contributed by atoms with Gasteiger partial charge >= 0.3 is 0 Å². The Morgan fingerprint density at radius 3 is 2.57 bits per heavy atom. The summed E-state index contributed by atoms with van der Waals surface area (Å²) in [5, 5.41) is 0. The van der Waals surface area contributed by atoms with Gasteiger partial charge in [-0.25, -0.2) is 0 Å². The molecule has 3 nitrogen and oxygen atoms in total. The topological polar surface area (TPSA) is 23.6 Å². The molecule has 0 bridgehead atoms. The van der Waals surface area contributed by atoms with E-state index in [0.717, 1.165) is 29.8 Å². The number of hydrogen-bond donors (Lipinski definition) is 0. The minimum absolute atomic E-state index is 0.0700. The van der Waals surface area contributed by atoms with Crippen LogP contribution in [0.15, 0.2) is 54.7 Å². The molecule has 0 N–H and O–H groups in total. The molecule has 104 valence electrons. The predicted octanol–water partition coefficient (Wildman–Crippen LogP) is 3.07. The van der Waals surface area contributed by atoms with Crippen molar-refractivity contribution in [2.24, 2.45) is 0 Å². The number of carbonyl (C=O) groups excluding carboxylic acids is 1. The minimum atomic E-state index is 0.0700. The summed E-state index contributed by atoms with van der Waals surface area (Å²) >= 11 is 0. The summed E-state index contributed by atoms with van der Waals surface area (Å²) in [6, 6.07) is 16.4. The van der Waals surface area contributed by atoms with Crippen molar-refractivity contribution in [3.63, 3.8) is 0 Å². The van der Waals surface area contributed by atoms with Crippen LogP contribution in [0.2, 0.25) is 0 Å². The standard InChI is InChI=1S/C18H16N2O/c1-19-17-9-5-3-7-14(17)15(18(19)21)12-20-11-10-13-6-2-4-8-16(13)20/h2-9,12H,10-11H2,1H3/b15-12-. The van der Waals surface area contributed by atoms with Gasteiger partial charge in [0.1, 0.15) is 0 Å². The number of amides is 1. The summed E-state index contributed by atoms with van der Waals surface area (Å²) in [4.78, 5) is 16.4. The summed E-state index contributed by atoms with van der Waals surface area (Å²) in [5.41, 5.74) is 5.35. The number of fused-ring (bicyclic) bond motifs is 2. The summed E-state index contributed by atoms with van der Waals surface area (Å²) < 4.78 is 0. The van der Waals surface area contributed by atoms with Gasteiger partial charge in [0.2, 0.25) is 0 Å². The van der Waals surface area contributed by atoms with Crippen LogP contribution in [0, 0.1) is 0 Å². The molecule has 2 aromatic rings. The fourth-order valence-electron chi connectivity index (χ4n) is 3.18. The summed E-state index contributed by atoms with van der Waals surface area (Å²) in [6.45, 7) is 0.933. The zero-order valence-electron chi connectivity index (χ0n) is 11.9. The Morgan fingerprint density at radius 1 is 1.00 bits per heavy atom. The van der Waals surface area contributed by atoms with E-state index in [1.54, 1.807) is 4.90 Å². The van der Waals surface area contributed by atoms with Crippen molar-refractivity contribution in [2.45, 2.75) is 6.42 Å². The second-order valence-corrected chi connectivity index (χ2v) is 5.50. The highest BCUT2D eigenvalue weighted by atomic mass is 16.2. The first-order valence-corrected chi connectivity index (χ1v) is 7.19. The lowest BCUT2D eigenvalue weighted by Crippen LogP contribution is -2.22. The Balaban J connectivity index is 1.80. The zero-order valence-corrected chi connectivity index (χ0v) is 11.9. The van der Waals surface area contributed by atoms with Gasteiger partial charge in [-0.15, -0.1) is 0 Å². The number of carbonyl (C=O) groups is 1. The molecule has 4 rings (SSSR count). The maximum Gasteiger partial charge on any atom is 0.260 e. The number of para-hydroxylation sites is 2. The lowest BCUT2D eigenvalue weighted by Gasteiger charge is -2.15. The van der Waals surface area contributed by atoms with Crippen LogP contribution in [-0.2, 0) is 11.2 Å². The van der Waals surface area contributed by atoms with E-state index in [1.165, 1.54) is 11.3 Å². The van der Waals surface area contributed by atoms with Gasteiger partial charge in [-0.2, -0.15) is 0 Å². The van der Waals surface area contributed by atoms with Gasteiger partial charge < -0.3 is 9.80 Å². The normalized spacial score (nSPS) is 18.3. The maximum absolute atomic E-state index is 12.5. The van der Waals surface area contributed by atoms with Crippen molar-refractivity contribution in [1.82, 2.24) is 0 Å². The van der Waals surface area contributed by atoms with E-state index < -0.39 is 0 Å². The molecule has 3 heteroatoms. The second kappa shape index (κ2) is 4.48. The van der Waals surface area contributed by atoms with Crippen LogP contribution in [0.5, 0.6) is 0 Å². The molecule has 2 heterocycles. The number of hydrogen-bond acceptors (Lipinski definition) is 2. The summed E-state index contributed by atoms with van der Waals surface area (Å²) in [6.07, 6.45) is 3.04. The largest absolute Gasteiger partial charge is 0.347 e.